The van der Waals surface area contributed by atoms with Gasteiger partial charge in [0.05, 0.1) is 6.61 Å². The van der Waals surface area contributed by atoms with Gasteiger partial charge in [-0.25, -0.2) is 0 Å². The van der Waals surface area contributed by atoms with Crippen molar-refractivity contribution in [3.8, 4) is 5.75 Å². The van der Waals surface area contributed by atoms with E-state index in [9.17, 15) is 14.7 Å². The monoisotopic (exact) mass is 342 g/mol. The van der Waals surface area contributed by atoms with Gasteiger partial charge in [0.2, 0.25) is 0 Å². The molecular formula is C20H22O5. The van der Waals surface area contributed by atoms with Crippen molar-refractivity contribution in [2.45, 2.75) is 33.3 Å². The lowest BCUT2D eigenvalue weighted by atomic mass is 10.0. The molecule has 0 aliphatic heterocycles. The summed E-state index contributed by atoms with van der Waals surface area (Å²) in [5.41, 5.74) is 3.71. The van der Waals surface area contributed by atoms with Crippen molar-refractivity contribution in [2.24, 2.45) is 0 Å². The van der Waals surface area contributed by atoms with Crippen molar-refractivity contribution in [3.63, 3.8) is 0 Å². The van der Waals surface area contributed by atoms with Crippen LogP contribution in [0.25, 0.3) is 0 Å². The first-order chi connectivity index (χ1) is 11.9. The molecule has 0 atom stereocenters. The molecule has 0 amide bonds. The average molecular weight is 342 g/mol. The molecule has 0 aliphatic carbocycles. The molecule has 0 saturated carbocycles. The minimum Gasteiger partial charge on any atom is -0.508 e. The molecule has 5 heteroatoms. The third-order valence-electron chi connectivity index (χ3n) is 3.71. The van der Waals surface area contributed by atoms with E-state index in [4.69, 9.17) is 9.47 Å². The molecule has 25 heavy (non-hydrogen) atoms. The van der Waals surface area contributed by atoms with Crippen LogP contribution in [-0.4, -0.2) is 23.7 Å². The molecule has 0 fully saturated rings. The quantitative estimate of drug-likeness (QED) is 0.783. The van der Waals surface area contributed by atoms with Crippen LogP contribution in [-0.2, 0) is 38.5 Å². The Kier molecular flexibility index (Phi) is 6.57. The van der Waals surface area contributed by atoms with Crippen LogP contribution in [0, 0.1) is 0 Å². The van der Waals surface area contributed by atoms with E-state index in [1.165, 1.54) is 13.8 Å². The van der Waals surface area contributed by atoms with Crippen molar-refractivity contribution in [1.29, 1.82) is 0 Å². The highest BCUT2D eigenvalue weighted by Gasteiger charge is 2.06. The lowest BCUT2D eigenvalue weighted by molar-refractivity contribution is -0.142. The maximum absolute atomic E-state index is 10.8. The number of phenols is 1. The molecule has 2 aromatic rings. The minimum absolute atomic E-state index is 0.153. The second kappa shape index (κ2) is 8.87. The van der Waals surface area contributed by atoms with E-state index in [-0.39, 0.29) is 24.3 Å². The minimum atomic E-state index is -0.350. The number of ether oxygens (including phenoxy) is 2. The van der Waals surface area contributed by atoms with Gasteiger partial charge in [-0.2, -0.15) is 0 Å². The summed E-state index contributed by atoms with van der Waals surface area (Å²) in [4.78, 5) is 21.6. The Morgan fingerprint density at radius 3 is 2.08 bits per heavy atom. The van der Waals surface area contributed by atoms with Gasteiger partial charge in [-0.05, 0) is 28.3 Å². The van der Waals surface area contributed by atoms with E-state index in [1.807, 2.05) is 36.4 Å². The van der Waals surface area contributed by atoms with E-state index in [0.717, 1.165) is 22.3 Å². The second-order valence-corrected chi connectivity index (χ2v) is 5.83. The summed E-state index contributed by atoms with van der Waals surface area (Å²) in [5.74, 6) is -0.440. The van der Waals surface area contributed by atoms with Crippen molar-refractivity contribution in [1.82, 2.24) is 0 Å². The van der Waals surface area contributed by atoms with Crippen LogP contribution in [0.5, 0.6) is 5.75 Å². The van der Waals surface area contributed by atoms with Gasteiger partial charge < -0.3 is 14.6 Å². The summed E-state index contributed by atoms with van der Waals surface area (Å²) < 4.78 is 9.85. The Balaban J connectivity index is 1.95. The summed E-state index contributed by atoms with van der Waals surface area (Å²) in [7, 11) is 0. The zero-order valence-electron chi connectivity index (χ0n) is 14.5. The number of esters is 2. The number of rotatable bonds is 7. The fourth-order valence-electron chi connectivity index (χ4n) is 2.39. The molecule has 132 valence electrons. The van der Waals surface area contributed by atoms with E-state index >= 15 is 0 Å². The lowest BCUT2D eigenvalue weighted by Gasteiger charge is -2.09. The smallest absolute Gasteiger partial charge is 0.302 e. The third kappa shape index (κ3) is 6.30. The normalized spacial score (nSPS) is 10.3. The van der Waals surface area contributed by atoms with Crippen LogP contribution >= 0.6 is 0 Å². The number of aromatic hydroxyl groups is 1. The largest absolute Gasteiger partial charge is 0.508 e. The second-order valence-electron chi connectivity index (χ2n) is 5.83. The average Bonchev–Trinajstić information content (AvgIpc) is 2.56. The van der Waals surface area contributed by atoms with Crippen LogP contribution < -0.4 is 0 Å². The van der Waals surface area contributed by atoms with E-state index in [0.29, 0.717) is 19.4 Å². The third-order valence-corrected chi connectivity index (χ3v) is 3.71. The number of phenolic OH excluding ortho intramolecular Hbond substituents is 1. The highest BCUT2D eigenvalue weighted by atomic mass is 16.5. The summed E-state index contributed by atoms with van der Waals surface area (Å²) in [6.45, 7) is 3.27. The van der Waals surface area contributed by atoms with Crippen molar-refractivity contribution < 1.29 is 24.2 Å². The summed E-state index contributed by atoms with van der Waals surface area (Å²) >= 11 is 0. The molecule has 5 nitrogen and oxygen atoms in total. The lowest BCUT2D eigenvalue weighted by Crippen LogP contribution is -2.03. The molecule has 0 aliphatic rings. The van der Waals surface area contributed by atoms with Crippen LogP contribution in [0.3, 0.4) is 0 Å². The van der Waals surface area contributed by atoms with E-state index in [1.54, 1.807) is 6.07 Å². The highest BCUT2D eigenvalue weighted by molar-refractivity contribution is 5.66. The van der Waals surface area contributed by atoms with Crippen LogP contribution in [0.1, 0.15) is 36.1 Å². The Labute approximate surface area is 147 Å². The molecule has 2 rings (SSSR count). The Bertz CT molecular complexity index is 734. The Hall–Kier alpha value is -2.82. The number of carbonyl (C=O) groups is 2. The van der Waals surface area contributed by atoms with Gasteiger partial charge in [0.1, 0.15) is 12.4 Å². The van der Waals surface area contributed by atoms with Crippen molar-refractivity contribution >= 4 is 11.9 Å². The predicted octanol–water partition coefficient (Wildman–Crippen LogP) is 3.15. The van der Waals surface area contributed by atoms with Crippen LogP contribution in [0.2, 0.25) is 0 Å². The molecule has 0 unspecified atom stereocenters. The SMILES string of the molecule is CC(=O)OCCc1ccc(Cc2ccc(COC(C)=O)cc2O)cc1. The summed E-state index contributed by atoms with van der Waals surface area (Å²) in [5, 5.41) is 10.2. The first-order valence-electron chi connectivity index (χ1n) is 8.09. The van der Waals surface area contributed by atoms with Gasteiger partial charge in [-0.15, -0.1) is 0 Å². The zero-order valence-corrected chi connectivity index (χ0v) is 14.5. The highest BCUT2D eigenvalue weighted by Crippen LogP contribution is 2.23. The number of carbonyl (C=O) groups excluding carboxylic acids is 2. The van der Waals surface area contributed by atoms with Gasteiger partial charge in [-0.3, -0.25) is 9.59 Å². The standard InChI is InChI=1S/C20H22O5/c1-14(21)24-10-9-16-3-5-17(6-4-16)11-19-8-7-18(12-20(19)23)13-25-15(2)22/h3-8,12,23H,9-11,13H2,1-2H3. The summed E-state index contributed by atoms with van der Waals surface area (Å²) in [6, 6.07) is 13.3. The topological polar surface area (TPSA) is 72.8 Å². The van der Waals surface area contributed by atoms with E-state index < -0.39 is 0 Å². The van der Waals surface area contributed by atoms with Gasteiger partial charge in [0, 0.05) is 26.7 Å². The molecular weight excluding hydrogens is 320 g/mol. The van der Waals surface area contributed by atoms with Crippen molar-refractivity contribution in [3.05, 3.63) is 64.7 Å². The Morgan fingerprint density at radius 1 is 0.880 bits per heavy atom. The first-order valence-corrected chi connectivity index (χ1v) is 8.09. The molecule has 0 bridgehead atoms. The van der Waals surface area contributed by atoms with Crippen LogP contribution in [0.15, 0.2) is 42.5 Å². The van der Waals surface area contributed by atoms with Crippen LogP contribution in [0.4, 0.5) is 0 Å². The van der Waals surface area contributed by atoms with E-state index in [2.05, 4.69) is 0 Å². The molecule has 0 aromatic heterocycles. The van der Waals surface area contributed by atoms with Gasteiger partial charge >= 0.3 is 11.9 Å². The fourth-order valence-corrected chi connectivity index (χ4v) is 2.39. The summed E-state index contributed by atoms with van der Waals surface area (Å²) in [6.07, 6.45) is 1.28. The molecule has 0 radical (unpaired) electrons. The number of hydrogen-bond donors (Lipinski definition) is 1. The first kappa shape index (κ1) is 18.5. The molecule has 0 spiro atoms. The zero-order chi connectivity index (χ0) is 18.2. The number of benzene rings is 2. The fraction of sp³-hybridized carbons (Fsp3) is 0.300. The maximum Gasteiger partial charge on any atom is 0.302 e. The van der Waals surface area contributed by atoms with Gasteiger partial charge in [0.25, 0.3) is 0 Å². The maximum atomic E-state index is 10.8. The molecule has 0 saturated heterocycles. The molecule has 0 heterocycles. The molecule has 2 aromatic carbocycles. The van der Waals surface area contributed by atoms with Gasteiger partial charge in [-0.1, -0.05) is 36.4 Å². The number of hydrogen-bond acceptors (Lipinski definition) is 5. The predicted molar refractivity (Wildman–Crippen MR) is 93.2 cm³/mol. The Morgan fingerprint density at radius 2 is 1.48 bits per heavy atom. The molecule has 1 N–H and O–H groups in total. The van der Waals surface area contributed by atoms with Crippen molar-refractivity contribution in [2.75, 3.05) is 6.61 Å². The van der Waals surface area contributed by atoms with Gasteiger partial charge in [0.15, 0.2) is 0 Å².